The average molecular weight is 529 g/mol. The van der Waals surface area contributed by atoms with Crippen LogP contribution in [0.1, 0.15) is 55.0 Å². The van der Waals surface area contributed by atoms with Gasteiger partial charge in [-0.3, -0.25) is 14.5 Å². The molecule has 3 atom stereocenters. The van der Waals surface area contributed by atoms with Gasteiger partial charge in [0, 0.05) is 48.3 Å². The van der Waals surface area contributed by atoms with Crippen LogP contribution in [0.2, 0.25) is 0 Å². The molecule has 2 aliphatic rings. The topological polar surface area (TPSA) is 149 Å². The van der Waals surface area contributed by atoms with Crippen molar-refractivity contribution in [2.24, 2.45) is 0 Å². The number of hydrogen-bond donors (Lipinski definition) is 4. The molecule has 1 saturated heterocycles. The first-order valence-electron chi connectivity index (χ1n) is 12.3. The molecule has 204 valence electrons. The normalized spacial score (nSPS) is 19.9. The van der Waals surface area contributed by atoms with Crippen LogP contribution in [-0.2, 0) is 16.0 Å². The summed E-state index contributed by atoms with van der Waals surface area (Å²) in [6.07, 6.45) is 8.09. The fourth-order valence-corrected chi connectivity index (χ4v) is 5.38. The summed E-state index contributed by atoms with van der Waals surface area (Å²) >= 11 is 0. The molecule has 4 N–H and O–H groups in total. The molecule has 3 aromatic heterocycles. The van der Waals surface area contributed by atoms with Crippen molar-refractivity contribution in [2.45, 2.75) is 65.0 Å². The smallest absolute Gasteiger partial charge is 0.327 e. The fourth-order valence-electron chi connectivity index (χ4n) is 5.38. The van der Waals surface area contributed by atoms with Gasteiger partial charge in [-0.1, -0.05) is 0 Å². The summed E-state index contributed by atoms with van der Waals surface area (Å²) in [5.74, 6) is 0.679. The average Bonchev–Trinajstić information content (AvgIpc) is 3.46. The van der Waals surface area contributed by atoms with E-state index in [2.05, 4.69) is 40.5 Å². The lowest BCUT2D eigenvalue weighted by Crippen LogP contribution is -2.41. The number of halogens is 1. The van der Waals surface area contributed by atoms with E-state index in [1.165, 1.54) is 5.56 Å². The van der Waals surface area contributed by atoms with Crippen molar-refractivity contribution in [3.8, 4) is 0 Å². The van der Waals surface area contributed by atoms with Crippen molar-refractivity contribution >= 4 is 36.1 Å². The van der Waals surface area contributed by atoms with Gasteiger partial charge in [0.2, 0.25) is 0 Å². The first kappa shape index (κ1) is 28.5. The highest BCUT2D eigenvalue weighted by molar-refractivity contribution is 6.02. The maximum Gasteiger partial charge on any atom is 0.327 e. The molecule has 2 amide bonds. The Bertz CT molecular complexity index is 1300. The van der Waals surface area contributed by atoms with E-state index in [0.717, 1.165) is 30.5 Å². The Labute approximate surface area is 219 Å². The molecule has 1 unspecified atom stereocenters. The van der Waals surface area contributed by atoms with Crippen molar-refractivity contribution in [3.05, 3.63) is 52.9 Å². The number of fused-ring (bicyclic) bond motifs is 2. The molecule has 5 heterocycles. The number of carboxylic acid groups (broad SMARTS) is 2. The first-order valence-corrected chi connectivity index (χ1v) is 12.3. The van der Waals surface area contributed by atoms with E-state index >= 15 is 0 Å². The molecule has 0 aromatic carbocycles. The van der Waals surface area contributed by atoms with Crippen LogP contribution in [0.25, 0.3) is 5.65 Å². The van der Waals surface area contributed by atoms with Crippen molar-refractivity contribution < 1.29 is 29.0 Å². The van der Waals surface area contributed by atoms with Crippen LogP contribution in [-0.4, -0.2) is 62.2 Å². The summed E-state index contributed by atoms with van der Waals surface area (Å²) in [4.78, 5) is 40.4. The Morgan fingerprint density at radius 3 is 2.42 bits per heavy atom. The molecule has 5 rings (SSSR count). The minimum Gasteiger partial charge on any atom is -0.483 e. The maximum atomic E-state index is 15.0. The Kier molecular flexibility index (Phi) is 9.35. The standard InChI is InChI=1S/C24H29FN6O.2CH2O2/c1-13-9-17(10-14(2)27-13)18-5-7-26-23-19(18)6-8-31(23)24(32)29-20-12-30-11-15(3)28-22(30)16(4)21(20)25;2*2-1-3/h5,7,11-14,17,27H,6,8-10H2,1-4H3,(H,29,32);2*1H,(H,2,3)/t13-,14+,17?;;. The SMILES string of the molecule is Cc1cn2cc(NC(=O)N3CCc4c(C5C[C@@H](C)N[C@@H](C)C5)ccnc43)c(F)c(C)c2n1.O=CO.O=CO. The van der Waals surface area contributed by atoms with Gasteiger partial charge in [-0.15, -0.1) is 0 Å². The van der Waals surface area contributed by atoms with Crippen LogP contribution >= 0.6 is 0 Å². The van der Waals surface area contributed by atoms with Gasteiger partial charge in [0.25, 0.3) is 12.9 Å². The van der Waals surface area contributed by atoms with Crippen LogP contribution in [0.3, 0.4) is 0 Å². The molecule has 0 bridgehead atoms. The fraction of sp³-hybridized carbons (Fsp3) is 0.423. The van der Waals surface area contributed by atoms with Crippen LogP contribution in [0, 0.1) is 19.7 Å². The van der Waals surface area contributed by atoms with E-state index in [1.54, 1.807) is 28.6 Å². The number of piperidine rings is 1. The number of pyridine rings is 2. The predicted octanol–water partition coefficient (Wildman–Crippen LogP) is 3.73. The first-order chi connectivity index (χ1) is 18.1. The monoisotopic (exact) mass is 528 g/mol. The summed E-state index contributed by atoms with van der Waals surface area (Å²) in [6, 6.07) is 2.66. The highest BCUT2D eigenvalue weighted by Gasteiger charge is 2.33. The second kappa shape index (κ2) is 12.5. The number of anilines is 2. The lowest BCUT2D eigenvalue weighted by Gasteiger charge is -2.34. The largest absolute Gasteiger partial charge is 0.483 e. The third-order valence-electron chi connectivity index (χ3n) is 6.70. The number of nitrogens with zero attached hydrogens (tertiary/aromatic N) is 4. The zero-order valence-electron chi connectivity index (χ0n) is 21.8. The van der Waals surface area contributed by atoms with Crippen LogP contribution in [0.5, 0.6) is 0 Å². The van der Waals surface area contributed by atoms with Gasteiger partial charge in [0.15, 0.2) is 5.82 Å². The molecule has 2 aliphatic heterocycles. The summed E-state index contributed by atoms with van der Waals surface area (Å²) in [5, 5.41) is 20.1. The molecule has 0 spiro atoms. The van der Waals surface area contributed by atoms with E-state index in [-0.39, 0.29) is 24.7 Å². The third kappa shape index (κ3) is 6.08. The molecule has 11 nitrogen and oxygen atoms in total. The summed E-state index contributed by atoms with van der Waals surface area (Å²) in [5.41, 5.74) is 4.34. The van der Waals surface area contributed by atoms with Gasteiger partial charge >= 0.3 is 6.03 Å². The van der Waals surface area contributed by atoms with Crippen molar-refractivity contribution in [2.75, 3.05) is 16.8 Å². The third-order valence-corrected chi connectivity index (χ3v) is 6.70. The maximum absolute atomic E-state index is 15.0. The van der Waals surface area contributed by atoms with Gasteiger partial charge in [-0.25, -0.2) is 19.2 Å². The molecule has 38 heavy (non-hydrogen) atoms. The second-order valence-corrected chi connectivity index (χ2v) is 9.48. The number of aryl methyl sites for hydroxylation is 2. The van der Waals surface area contributed by atoms with Crippen molar-refractivity contribution in [1.82, 2.24) is 19.7 Å². The van der Waals surface area contributed by atoms with Crippen molar-refractivity contribution in [1.29, 1.82) is 0 Å². The molecule has 0 aliphatic carbocycles. The molecule has 1 fully saturated rings. The number of amides is 2. The number of carbonyl (C=O) groups excluding carboxylic acids is 1. The molecule has 0 radical (unpaired) electrons. The number of rotatable bonds is 2. The molecular formula is C26H33FN6O5. The number of imidazole rings is 1. The number of urea groups is 1. The quantitative estimate of drug-likeness (QED) is 0.368. The Morgan fingerprint density at radius 2 is 1.79 bits per heavy atom. The number of carbonyl (C=O) groups is 3. The summed E-state index contributed by atoms with van der Waals surface area (Å²) in [7, 11) is 0. The zero-order chi connectivity index (χ0) is 28.0. The summed E-state index contributed by atoms with van der Waals surface area (Å²) < 4.78 is 16.7. The lowest BCUT2D eigenvalue weighted by molar-refractivity contribution is -0.123. The molecular weight excluding hydrogens is 495 g/mol. The number of hydrogen-bond acceptors (Lipinski definition) is 6. The molecule has 12 heteroatoms. The Hall–Kier alpha value is -4.06. The highest BCUT2D eigenvalue weighted by Crippen LogP contribution is 2.38. The van der Waals surface area contributed by atoms with Gasteiger partial charge < -0.3 is 25.2 Å². The number of nitrogens with one attached hydrogen (secondary N) is 2. The zero-order valence-corrected chi connectivity index (χ0v) is 21.8. The van der Waals surface area contributed by atoms with Crippen LogP contribution < -0.4 is 15.5 Å². The van der Waals surface area contributed by atoms with Gasteiger partial charge in [-0.05, 0) is 64.5 Å². The minimum atomic E-state index is -0.463. The van der Waals surface area contributed by atoms with Gasteiger partial charge in [0.05, 0.1) is 11.4 Å². The Morgan fingerprint density at radius 1 is 1.16 bits per heavy atom. The second-order valence-electron chi connectivity index (χ2n) is 9.48. The highest BCUT2D eigenvalue weighted by atomic mass is 19.1. The predicted molar refractivity (Wildman–Crippen MR) is 140 cm³/mol. The van der Waals surface area contributed by atoms with E-state index in [0.29, 0.717) is 41.6 Å². The van der Waals surface area contributed by atoms with Gasteiger partial charge in [-0.2, -0.15) is 0 Å². The van der Waals surface area contributed by atoms with E-state index in [1.807, 2.05) is 13.1 Å². The van der Waals surface area contributed by atoms with E-state index in [9.17, 15) is 9.18 Å². The van der Waals surface area contributed by atoms with E-state index < -0.39 is 5.82 Å². The summed E-state index contributed by atoms with van der Waals surface area (Å²) in [6.45, 7) is 8.01. The lowest BCUT2D eigenvalue weighted by atomic mass is 9.82. The van der Waals surface area contributed by atoms with Gasteiger partial charge in [0.1, 0.15) is 11.5 Å². The van der Waals surface area contributed by atoms with Crippen molar-refractivity contribution in [3.63, 3.8) is 0 Å². The number of aromatic nitrogens is 3. The van der Waals surface area contributed by atoms with Crippen LogP contribution in [0.4, 0.5) is 20.7 Å². The molecule has 3 aromatic rings. The van der Waals surface area contributed by atoms with Crippen LogP contribution in [0.15, 0.2) is 24.7 Å². The molecule has 0 saturated carbocycles. The minimum absolute atomic E-state index is 0.142. The Balaban J connectivity index is 0.000000611. The van der Waals surface area contributed by atoms with E-state index in [4.69, 9.17) is 19.8 Å².